The lowest BCUT2D eigenvalue weighted by atomic mass is 10.3. The van der Waals surface area contributed by atoms with Crippen molar-refractivity contribution in [2.75, 3.05) is 18.4 Å². The third-order valence-corrected chi connectivity index (χ3v) is 4.89. The fourth-order valence-corrected chi connectivity index (χ4v) is 3.60. The topological polar surface area (TPSA) is 86.7 Å². The SMILES string of the molecule is CC(=O)Nc1ccc(S(=O)(=O)N2CC[C@@H](O)C2)c(F)c1. The molecule has 1 heterocycles. The quantitative estimate of drug-likeness (QED) is 0.853. The zero-order valence-corrected chi connectivity index (χ0v) is 11.7. The number of aliphatic hydroxyl groups is 1. The minimum atomic E-state index is -3.96. The Hall–Kier alpha value is -1.51. The average Bonchev–Trinajstić information content (AvgIpc) is 2.75. The third-order valence-electron chi connectivity index (χ3n) is 3.00. The monoisotopic (exact) mass is 302 g/mol. The van der Waals surface area contributed by atoms with E-state index in [1.807, 2.05) is 0 Å². The largest absolute Gasteiger partial charge is 0.392 e. The number of nitrogens with one attached hydrogen (secondary N) is 1. The highest BCUT2D eigenvalue weighted by Gasteiger charge is 2.33. The molecule has 0 bridgehead atoms. The van der Waals surface area contributed by atoms with Gasteiger partial charge in [-0.05, 0) is 24.6 Å². The first-order valence-corrected chi connectivity index (χ1v) is 7.50. The maximum absolute atomic E-state index is 13.9. The van der Waals surface area contributed by atoms with Gasteiger partial charge in [-0.2, -0.15) is 4.31 Å². The zero-order valence-electron chi connectivity index (χ0n) is 10.8. The summed E-state index contributed by atoms with van der Waals surface area (Å²) in [7, 11) is -3.96. The predicted molar refractivity (Wildman–Crippen MR) is 70.1 cm³/mol. The van der Waals surface area contributed by atoms with E-state index in [-0.39, 0.29) is 24.7 Å². The summed E-state index contributed by atoms with van der Waals surface area (Å²) >= 11 is 0. The van der Waals surface area contributed by atoms with Crippen LogP contribution in [0.1, 0.15) is 13.3 Å². The van der Waals surface area contributed by atoms with Crippen molar-refractivity contribution >= 4 is 21.6 Å². The number of β-amino-alcohol motifs (C(OH)–C–C–N with tert-alkyl or cyclic N) is 1. The average molecular weight is 302 g/mol. The number of hydrogen-bond acceptors (Lipinski definition) is 4. The van der Waals surface area contributed by atoms with E-state index < -0.39 is 26.8 Å². The molecule has 1 aliphatic rings. The maximum atomic E-state index is 13.9. The van der Waals surface area contributed by atoms with E-state index in [2.05, 4.69) is 5.32 Å². The van der Waals surface area contributed by atoms with Crippen molar-refractivity contribution in [3.63, 3.8) is 0 Å². The number of carbonyl (C=O) groups excluding carboxylic acids is 1. The Morgan fingerprint density at radius 3 is 2.70 bits per heavy atom. The van der Waals surface area contributed by atoms with Crippen LogP contribution in [-0.4, -0.2) is 42.9 Å². The first kappa shape index (κ1) is 14.9. The summed E-state index contributed by atoms with van der Waals surface area (Å²) < 4.78 is 39.4. The normalized spacial score (nSPS) is 20.1. The number of anilines is 1. The molecule has 0 unspecified atom stereocenters. The summed E-state index contributed by atoms with van der Waals surface area (Å²) in [5, 5.41) is 11.7. The molecule has 1 amide bonds. The van der Waals surface area contributed by atoms with Gasteiger partial charge in [0.1, 0.15) is 10.7 Å². The van der Waals surface area contributed by atoms with Crippen molar-refractivity contribution in [2.24, 2.45) is 0 Å². The van der Waals surface area contributed by atoms with Crippen LogP contribution in [0.5, 0.6) is 0 Å². The molecule has 0 radical (unpaired) electrons. The molecule has 8 heteroatoms. The number of amides is 1. The fraction of sp³-hybridized carbons (Fsp3) is 0.417. The van der Waals surface area contributed by atoms with E-state index in [0.29, 0.717) is 6.42 Å². The lowest BCUT2D eigenvalue weighted by Gasteiger charge is -2.16. The van der Waals surface area contributed by atoms with Crippen LogP contribution in [0.25, 0.3) is 0 Å². The van der Waals surface area contributed by atoms with Crippen molar-refractivity contribution in [3.8, 4) is 0 Å². The minimum absolute atomic E-state index is 0.0325. The smallest absolute Gasteiger partial charge is 0.246 e. The van der Waals surface area contributed by atoms with Gasteiger partial charge < -0.3 is 10.4 Å². The molecule has 20 heavy (non-hydrogen) atoms. The summed E-state index contributed by atoms with van der Waals surface area (Å²) in [5.41, 5.74) is 0.190. The molecule has 0 spiro atoms. The van der Waals surface area contributed by atoms with Crippen LogP contribution in [0.4, 0.5) is 10.1 Å². The Morgan fingerprint density at radius 2 is 2.20 bits per heavy atom. The van der Waals surface area contributed by atoms with Gasteiger partial charge in [0.15, 0.2) is 0 Å². The lowest BCUT2D eigenvalue weighted by Crippen LogP contribution is -2.30. The Morgan fingerprint density at radius 1 is 1.50 bits per heavy atom. The molecular formula is C12H15FN2O4S. The number of halogens is 1. The number of hydrogen-bond donors (Lipinski definition) is 2. The standard InChI is InChI=1S/C12H15FN2O4S/c1-8(16)14-9-2-3-12(11(13)6-9)20(18,19)15-5-4-10(17)7-15/h2-3,6,10,17H,4-5,7H2,1H3,(H,14,16)/t10-/m1/s1. The highest BCUT2D eigenvalue weighted by Crippen LogP contribution is 2.25. The number of sulfonamides is 1. The molecule has 0 aliphatic carbocycles. The van der Waals surface area contributed by atoms with Gasteiger partial charge >= 0.3 is 0 Å². The van der Waals surface area contributed by atoms with Crippen LogP contribution in [0.2, 0.25) is 0 Å². The highest BCUT2D eigenvalue weighted by atomic mass is 32.2. The van der Waals surface area contributed by atoms with Gasteiger partial charge in [-0.1, -0.05) is 0 Å². The van der Waals surface area contributed by atoms with Crippen molar-refractivity contribution in [1.82, 2.24) is 4.31 Å². The maximum Gasteiger partial charge on any atom is 0.246 e. The first-order valence-electron chi connectivity index (χ1n) is 6.06. The van der Waals surface area contributed by atoms with Gasteiger partial charge in [-0.25, -0.2) is 12.8 Å². The first-order chi connectivity index (χ1) is 9.30. The number of aliphatic hydroxyl groups excluding tert-OH is 1. The Balaban J connectivity index is 2.30. The number of rotatable bonds is 3. The second-order valence-corrected chi connectivity index (χ2v) is 6.54. The second kappa shape index (κ2) is 5.47. The van der Waals surface area contributed by atoms with Crippen molar-refractivity contribution in [2.45, 2.75) is 24.3 Å². The number of carbonyl (C=O) groups is 1. The molecule has 2 rings (SSSR count). The molecule has 1 aromatic rings. The third kappa shape index (κ3) is 2.97. The van der Waals surface area contributed by atoms with Crippen LogP contribution in [-0.2, 0) is 14.8 Å². The van der Waals surface area contributed by atoms with E-state index in [4.69, 9.17) is 0 Å². The van der Waals surface area contributed by atoms with E-state index in [0.717, 1.165) is 16.4 Å². The van der Waals surface area contributed by atoms with Crippen molar-refractivity contribution in [3.05, 3.63) is 24.0 Å². The molecule has 0 aromatic heterocycles. The van der Waals surface area contributed by atoms with Crippen LogP contribution in [0.3, 0.4) is 0 Å². The summed E-state index contributed by atoms with van der Waals surface area (Å²) in [6.07, 6.45) is -0.378. The lowest BCUT2D eigenvalue weighted by molar-refractivity contribution is -0.114. The van der Waals surface area contributed by atoms with E-state index >= 15 is 0 Å². The predicted octanol–water partition coefficient (Wildman–Crippen LogP) is 0.539. The second-order valence-electron chi connectivity index (χ2n) is 4.63. The fourth-order valence-electron chi connectivity index (χ4n) is 2.06. The van der Waals surface area contributed by atoms with Crippen LogP contribution < -0.4 is 5.32 Å². The molecule has 1 saturated heterocycles. The molecule has 1 fully saturated rings. The van der Waals surface area contributed by atoms with Crippen LogP contribution >= 0.6 is 0 Å². The zero-order chi connectivity index (χ0) is 14.9. The molecule has 1 aliphatic heterocycles. The number of nitrogens with zero attached hydrogens (tertiary/aromatic N) is 1. The van der Waals surface area contributed by atoms with E-state index in [1.54, 1.807) is 0 Å². The molecule has 0 saturated carbocycles. The Labute approximate surface area is 116 Å². The van der Waals surface area contributed by atoms with Gasteiger partial charge in [0.05, 0.1) is 6.10 Å². The van der Waals surface area contributed by atoms with Gasteiger partial charge in [-0.3, -0.25) is 4.79 Å². The summed E-state index contributed by atoms with van der Waals surface area (Å²) in [5.74, 6) is -1.31. The van der Waals surface area contributed by atoms with Gasteiger partial charge in [0.25, 0.3) is 0 Å². The summed E-state index contributed by atoms with van der Waals surface area (Å²) in [6.45, 7) is 1.40. The minimum Gasteiger partial charge on any atom is -0.392 e. The summed E-state index contributed by atoms with van der Waals surface area (Å²) in [4.78, 5) is 10.4. The Kier molecular flexibility index (Phi) is 4.07. The van der Waals surface area contributed by atoms with Crippen molar-refractivity contribution < 1.29 is 22.7 Å². The van der Waals surface area contributed by atoms with Gasteiger partial charge in [0, 0.05) is 25.7 Å². The molecule has 110 valence electrons. The Bertz CT molecular complexity index is 632. The van der Waals surface area contributed by atoms with Crippen LogP contribution in [0, 0.1) is 5.82 Å². The molecule has 1 aromatic carbocycles. The van der Waals surface area contributed by atoms with Gasteiger partial charge in [0.2, 0.25) is 15.9 Å². The molecule has 2 N–H and O–H groups in total. The molecule has 6 nitrogen and oxygen atoms in total. The summed E-state index contributed by atoms with van der Waals surface area (Å²) in [6, 6.07) is 3.39. The van der Waals surface area contributed by atoms with E-state index in [9.17, 15) is 22.7 Å². The van der Waals surface area contributed by atoms with Gasteiger partial charge in [-0.15, -0.1) is 0 Å². The number of benzene rings is 1. The van der Waals surface area contributed by atoms with Crippen LogP contribution in [0.15, 0.2) is 23.1 Å². The van der Waals surface area contributed by atoms with Crippen molar-refractivity contribution in [1.29, 1.82) is 0 Å². The van der Waals surface area contributed by atoms with E-state index in [1.165, 1.54) is 13.0 Å². The highest BCUT2D eigenvalue weighted by molar-refractivity contribution is 7.89. The molecule has 1 atom stereocenters. The molecular weight excluding hydrogens is 287 g/mol.